The number of hydrogen-bond acceptors (Lipinski definition) is 5. The SMILES string of the molecule is C=C(CC)c1cccc(N=C(NC#N)Oc2ccccc2)c1NN. The zero-order valence-electron chi connectivity index (χ0n) is 13.4. The number of nitrogens with two attached hydrogens (primary N) is 1. The molecule has 2 aromatic carbocycles. The number of hydrogen-bond donors (Lipinski definition) is 3. The van der Waals surface area contributed by atoms with Gasteiger partial charge in [0.2, 0.25) is 0 Å². The summed E-state index contributed by atoms with van der Waals surface area (Å²) >= 11 is 0. The molecule has 0 radical (unpaired) electrons. The number of benzene rings is 2. The first-order valence-electron chi connectivity index (χ1n) is 7.44. The van der Waals surface area contributed by atoms with E-state index >= 15 is 0 Å². The Bertz CT molecular complexity index is 778. The number of allylic oxidation sites excluding steroid dienone is 1. The summed E-state index contributed by atoms with van der Waals surface area (Å²) in [7, 11) is 0. The summed E-state index contributed by atoms with van der Waals surface area (Å²) in [6.45, 7) is 6.05. The van der Waals surface area contributed by atoms with E-state index in [9.17, 15) is 0 Å². The molecular weight excluding hydrogens is 302 g/mol. The van der Waals surface area contributed by atoms with E-state index in [0.29, 0.717) is 17.1 Å². The topological polar surface area (TPSA) is 95.5 Å². The second-order valence-corrected chi connectivity index (χ2v) is 4.87. The lowest BCUT2D eigenvalue weighted by atomic mass is 10.0. The van der Waals surface area contributed by atoms with Gasteiger partial charge in [0.05, 0.1) is 11.4 Å². The quantitative estimate of drug-likeness (QED) is 0.195. The van der Waals surface area contributed by atoms with Crippen LogP contribution in [0.2, 0.25) is 0 Å². The molecule has 2 rings (SSSR count). The van der Waals surface area contributed by atoms with E-state index in [1.54, 1.807) is 18.2 Å². The molecule has 0 spiro atoms. The molecule has 6 heteroatoms. The minimum Gasteiger partial charge on any atom is -0.425 e. The maximum Gasteiger partial charge on any atom is 0.309 e. The first-order valence-corrected chi connectivity index (χ1v) is 7.44. The summed E-state index contributed by atoms with van der Waals surface area (Å²) in [6, 6.07) is 14.7. The van der Waals surface area contributed by atoms with Gasteiger partial charge in [0, 0.05) is 5.56 Å². The molecule has 0 unspecified atom stereocenters. The number of hydrazine groups is 1. The van der Waals surface area contributed by atoms with Crippen LogP contribution in [0.15, 0.2) is 60.1 Å². The molecule has 0 atom stereocenters. The molecule has 6 nitrogen and oxygen atoms in total. The van der Waals surface area contributed by atoms with Crippen molar-refractivity contribution < 1.29 is 4.74 Å². The third-order valence-corrected chi connectivity index (χ3v) is 3.34. The highest BCUT2D eigenvalue weighted by Crippen LogP contribution is 2.33. The number of anilines is 1. The Morgan fingerprint density at radius 1 is 1.25 bits per heavy atom. The molecule has 0 amide bonds. The van der Waals surface area contributed by atoms with Gasteiger partial charge in [-0.05, 0) is 30.2 Å². The van der Waals surface area contributed by atoms with Crippen molar-refractivity contribution in [1.29, 1.82) is 5.26 Å². The van der Waals surface area contributed by atoms with Crippen molar-refractivity contribution in [3.63, 3.8) is 0 Å². The van der Waals surface area contributed by atoms with Gasteiger partial charge in [-0.3, -0.25) is 5.84 Å². The molecule has 0 aromatic heterocycles. The smallest absolute Gasteiger partial charge is 0.309 e. The summed E-state index contributed by atoms with van der Waals surface area (Å²) in [5.41, 5.74) is 5.62. The van der Waals surface area contributed by atoms with Crippen molar-refractivity contribution in [2.24, 2.45) is 10.8 Å². The summed E-state index contributed by atoms with van der Waals surface area (Å²) in [6.07, 6.45) is 2.60. The fraction of sp³-hybridized carbons (Fsp3) is 0.111. The van der Waals surface area contributed by atoms with Crippen LogP contribution >= 0.6 is 0 Å². The Morgan fingerprint density at radius 3 is 2.62 bits per heavy atom. The van der Waals surface area contributed by atoms with Crippen molar-refractivity contribution in [1.82, 2.24) is 5.32 Å². The van der Waals surface area contributed by atoms with Crippen LogP contribution in [0.5, 0.6) is 5.75 Å². The highest BCUT2D eigenvalue weighted by Gasteiger charge is 2.11. The van der Waals surface area contributed by atoms with Crippen LogP contribution in [0.25, 0.3) is 5.57 Å². The van der Waals surface area contributed by atoms with Crippen LogP contribution in [-0.4, -0.2) is 6.02 Å². The van der Waals surface area contributed by atoms with Gasteiger partial charge in [0.15, 0.2) is 6.19 Å². The van der Waals surface area contributed by atoms with E-state index in [0.717, 1.165) is 17.6 Å². The monoisotopic (exact) mass is 321 g/mol. The average Bonchev–Trinajstić information content (AvgIpc) is 2.62. The summed E-state index contributed by atoms with van der Waals surface area (Å²) in [5, 5.41) is 11.4. The van der Waals surface area contributed by atoms with Crippen molar-refractivity contribution in [3.8, 4) is 11.9 Å². The molecule has 4 N–H and O–H groups in total. The molecule has 0 heterocycles. The van der Waals surface area contributed by atoms with Crippen LogP contribution in [0, 0.1) is 11.5 Å². The Kier molecular flexibility index (Phi) is 5.95. The third kappa shape index (κ3) is 4.12. The number of aliphatic imine (C=N–C) groups is 1. The minimum atomic E-state index is 0.0551. The van der Waals surface area contributed by atoms with Crippen LogP contribution in [0.4, 0.5) is 11.4 Å². The van der Waals surface area contributed by atoms with E-state index in [-0.39, 0.29) is 6.02 Å². The molecular formula is C18H19N5O. The summed E-state index contributed by atoms with van der Waals surface area (Å²) in [5.74, 6) is 6.22. The number of nitrogens with zero attached hydrogens (tertiary/aromatic N) is 2. The Labute approximate surface area is 141 Å². The Balaban J connectivity index is 2.42. The predicted octanol–water partition coefficient (Wildman–Crippen LogP) is 3.53. The number of nitrogen functional groups attached to an aromatic ring is 1. The van der Waals surface area contributed by atoms with Crippen molar-refractivity contribution in [3.05, 3.63) is 60.7 Å². The van der Waals surface area contributed by atoms with Crippen LogP contribution in [0.3, 0.4) is 0 Å². The highest BCUT2D eigenvalue weighted by molar-refractivity contribution is 5.87. The van der Waals surface area contributed by atoms with E-state index < -0.39 is 0 Å². The Morgan fingerprint density at radius 2 is 2.00 bits per heavy atom. The van der Waals surface area contributed by atoms with E-state index in [1.807, 2.05) is 43.4 Å². The molecule has 0 saturated carbocycles. The maximum absolute atomic E-state index is 8.92. The lowest BCUT2D eigenvalue weighted by molar-refractivity contribution is 0.531. The predicted molar refractivity (Wildman–Crippen MR) is 96.5 cm³/mol. The van der Waals surface area contributed by atoms with Gasteiger partial charge in [-0.2, -0.15) is 10.3 Å². The molecule has 0 aliphatic carbocycles. The fourth-order valence-corrected chi connectivity index (χ4v) is 2.10. The lowest BCUT2D eigenvalue weighted by Crippen LogP contribution is -2.24. The van der Waals surface area contributed by atoms with Gasteiger partial charge in [0.1, 0.15) is 5.75 Å². The largest absolute Gasteiger partial charge is 0.425 e. The van der Waals surface area contributed by atoms with E-state index in [1.165, 1.54) is 0 Å². The number of nitriles is 1. The molecule has 24 heavy (non-hydrogen) atoms. The highest BCUT2D eigenvalue weighted by atomic mass is 16.5. The van der Waals surface area contributed by atoms with E-state index in [2.05, 4.69) is 22.3 Å². The molecule has 0 aliphatic rings. The number of ether oxygens (including phenoxy) is 1. The molecule has 0 bridgehead atoms. The normalized spacial score (nSPS) is 10.6. The molecule has 122 valence electrons. The van der Waals surface area contributed by atoms with Gasteiger partial charge in [-0.25, -0.2) is 5.32 Å². The molecule has 2 aromatic rings. The zero-order valence-corrected chi connectivity index (χ0v) is 13.4. The first kappa shape index (κ1) is 17.1. The average molecular weight is 321 g/mol. The number of amidine groups is 1. The standard InChI is InChI=1S/C18H19N5O/c1-3-13(2)15-10-7-11-16(17(15)23-20)22-18(21-12-19)24-14-8-5-4-6-9-14/h4-11,23H,2-3,20H2,1H3,(H,21,22). The van der Waals surface area contributed by atoms with E-state index in [4.69, 9.17) is 15.8 Å². The number of rotatable bonds is 5. The van der Waals surface area contributed by atoms with Gasteiger partial charge in [-0.15, -0.1) is 0 Å². The second-order valence-electron chi connectivity index (χ2n) is 4.87. The fourth-order valence-electron chi connectivity index (χ4n) is 2.10. The molecule has 0 aliphatic heterocycles. The van der Waals surface area contributed by atoms with Crippen molar-refractivity contribution in [2.75, 3.05) is 5.43 Å². The van der Waals surface area contributed by atoms with Crippen molar-refractivity contribution in [2.45, 2.75) is 13.3 Å². The summed E-state index contributed by atoms with van der Waals surface area (Å²) in [4.78, 5) is 4.37. The minimum absolute atomic E-state index is 0.0551. The second kappa shape index (κ2) is 8.36. The molecule has 0 fully saturated rings. The maximum atomic E-state index is 8.92. The van der Waals surface area contributed by atoms with Crippen LogP contribution in [-0.2, 0) is 0 Å². The van der Waals surface area contributed by atoms with Gasteiger partial charge >= 0.3 is 6.02 Å². The van der Waals surface area contributed by atoms with Crippen LogP contribution in [0.1, 0.15) is 18.9 Å². The van der Waals surface area contributed by atoms with Crippen LogP contribution < -0.4 is 21.3 Å². The van der Waals surface area contributed by atoms with Gasteiger partial charge < -0.3 is 10.2 Å². The van der Waals surface area contributed by atoms with Gasteiger partial charge in [0.25, 0.3) is 0 Å². The Hall–Kier alpha value is -3.30. The van der Waals surface area contributed by atoms with Gasteiger partial charge in [-0.1, -0.05) is 43.8 Å². The van der Waals surface area contributed by atoms with Crippen molar-refractivity contribution >= 4 is 23.0 Å². The third-order valence-electron chi connectivity index (χ3n) is 3.34. The number of nitrogens with one attached hydrogen (secondary N) is 2. The zero-order chi connectivity index (χ0) is 17.4. The first-order chi connectivity index (χ1) is 11.7. The number of para-hydroxylation sites is 2. The summed E-state index contributed by atoms with van der Waals surface area (Å²) < 4.78 is 5.61. The molecule has 0 saturated heterocycles. The lowest BCUT2D eigenvalue weighted by Gasteiger charge is -2.13.